The second-order valence-corrected chi connectivity index (χ2v) is 22.5. The van der Waals surface area contributed by atoms with Crippen LogP contribution in [0.2, 0.25) is 0 Å². The molecule has 0 aliphatic heterocycles. The quantitative estimate of drug-likeness (QED) is 0.0420. The summed E-state index contributed by atoms with van der Waals surface area (Å²) in [6.45, 7) is 4.22. The number of aliphatic hydroxyl groups is 2. The topological polar surface area (TPSA) is 69.6 Å². The lowest BCUT2D eigenvalue weighted by atomic mass is 10.0. The van der Waals surface area contributed by atoms with Crippen molar-refractivity contribution in [2.24, 2.45) is 0 Å². The number of nitrogens with one attached hydrogen (secondary N) is 1. The Kier molecular flexibility index (Phi) is 64.2. The Bertz CT molecular complexity index is 1380. The van der Waals surface area contributed by atoms with Gasteiger partial charge in [0.2, 0.25) is 5.91 Å². The first-order valence-corrected chi connectivity index (χ1v) is 33.5. The number of carbonyl (C=O) groups is 1. The normalized spacial score (nSPS) is 13.4. The van der Waals surface area contributed by atoms with Crippen LogP contribution in [-0.2, 0) is 4.79 Å². The van der Waals surface area contributed by atoms with Gasteiger partial charge in [-0.15, -0.1) is 0 Å². The highest BCUT2D eigenvalue weighted by molar-refractivity contribution is 5.76. The van der Waals surface area contributed by atoms with Crippen LogP contribution in [-0.4, -0.2) is 34.9 Å². The van der Waals surface area contributed by atoms with Crippen LogP contribution in [0.1, 0.15) is 335 Å². The Morgan fingerprint density at radius 2 is 0.579 bits per heavy atom. The fraction of sp³-hybridized carbons (Fsp3) is 0.764. The highest BCUT2D eigenvalue weighted by Crippen LogP contribution is 2.18. The zero-order chi connectivity index (χ0) is 54.8. The molecule has 0 saturated carbocycles. The van der Waals surface area contributed by atoms with Crippen molar-refractivity contribution in [2.45, 2.75) is 347 Å². The molecule has 2 unspecified atom stereocenters. The van der Waals surface area contributed by atoms with Crippen LogP contribution in [0.3, 0.4) is 0 Å². The van der Waals surface area contributed by atoms with Gasteiger partial charge >= 0.3 is 0 Å². The van der Waals surface area contributed by atoms with E-state index in [-0.39, 0.29) is 12.5 Å². The molecule has 0 aliphatic rings. The Hall–Kier alpha value is -2.69. The van der Waals surface area contributed by atoms with Gasteiger partial charge in [-0.2, -0.15) is 0 Å². The number of hydrogen-bond acceptors (Lipinski definition) is 3. The van der Waals surface area contributed by atoms with Gasteiger partial charge in [0, 0.05) is 6.42 Å². The Labute approximate surface area is 474 Å². The smallest absolute Gasteiger partial charge is 0.220 e. The van der Waals surface area contributed by atoms with Crippen molar-refractivity contribution in [3.05, 3.63) is 97.2 Å². The van der Waals surface area contributed by atoms with E-state index in [9.17, 15) is 15.0 Å². The number of allylic oxidation sites excluding steroid dienone is 15. The fourth-order valence-corrected chi connectivity index (χ4v) is 10.0. The molecule has 0 rings (SSSR count). The third kappa shape index (κ3) is 62.2. The molecule has 0 aromatic heterocycles. The molecule has 76 heavy (non-hydrogen) atoms. The predicted octanol–water partition coefficient (Wildman–Crippen LogP) is 22.8. The van der Waals surface area contributed by atoms with E-state index in [0.717, 1.165) is 70.6 Å². The molecule has 4 heteroatoms. The first-order chi connectivity index (χ1) is 37.7. The molecule has 0 spiro atoms. The van der Waals surface area contributed by atoms with E-state index in [1.54, 1.807) is 6.08 Å². The summed E-state index contributed by atoms with van der Waals surface area (Å²) >= 11 is 0. The van der Waals surface area contributed by atoms with Crippen LogP contribution in [0.25, 0.3) is 0 Å². The molecule has 2 atom stereocenters. The van der Waals surface area contributed by atoms with Crippen LogP contribution >= 0.6 is 0 Å². The molecular weight excluding hydrogens is 927 g/mol. The van der Waals surface area contributed by atoms with E-state index >= 15 is 0 Å². The van der Waals surface area contributed by atoms with Crippen LogP contribution in [0.4, 0.5) is 0 Å². The zero-order valence-electron chi connectivity index (χ0n) is 50.8. The van der Waals surface area contributed by atoms with Crippen molar-refractivity contribution in [3.63, 3.8) is 0 Å². The molecule has 1 amide bonds. The van der Waals surface area contributed by atoms with Gasteiger partial charge < -0.3 is 15.5 Å². The Morgan fingerprint density at radius 3 is 0.868 bits per heavy atom. The standard InChI is InChI=1S/C72H129NO3/c1-3-5-7-9-11-13-15-17-19-21-23-25-27-29-31-33-35-36-38-40-42-44-46-48-50-52-54-56-58-60-62-64-66-68-72(76)73-70(69-74)71(75)67-65-63-61-59-57-55-53-51-49-47-45-43-41-39-37-34-32-30-28-26-24-22-20-18-16-14-12-10-8-6-4-2/h5,7,11,13,17,19,23,25,29,31,35-36,40,42,65,67,70-71,74-75H,3-4,6,8-10,12,14-16,18,20-22,24,26-28,30,32-34,37-39,41,43-64,66,68-69H2,1-2H3,(H,73,76)/b7-5-,13-11-,19-17-,25-23-,31-29-,36-35-,42-40-,67-65+. The van der Waals surface area contributed by atoms with Crippen LogP contribution in [0.5, 0.6) is 0 Å². The molecule has 0 saturated heterocycles. The van der Waals surface area contributed by atoms with Gasteiger partial charge in [-0.3, -0.25) is 4.79 Å². The van der Waals surface area contributed by atoms with Gasteiger partial charge in [-0.05, 0) is 77.0 Å². The van der Waals surface area contributed by atoms with E-state index in [4.69, 9.17) is 0 Å². The van der Waals surface area contributed by atoms with Gasteiger partial charge in [0.15, 0.2) is 0 Å². The summed E-state index contributed by atoms with van der Waals surface area (Å²) in [5, 5.41) is 23.3. The molecule has 0 heterocycles. The van der Waals surface area contributed by atoms with E-state index in [0.29, 0.717) is 6.42 Å². The molecule has 440 valence electrons. The molecule has 0 aliphatic carbocycles. The summed E-state index contributed by atoms with van der Waals surface area (Å²) < 4.78 is 0. The van der Waals surface area contributed by atoms with Crippen LogP contribution in [0.15, 0.2) is 97.2 Å². The minimum absolute atomic E-state index is 0.0669. The Morgan fingerprint density at radius 1 is 0.329 bits per heavy atom. The molecule has 0 bridgehead atoms. The van der Waals surface area contributed by atoms with Gasteiger partial charge in [0.1, 0.15) is 0 Å². The largest absolute Gasteiger partial charge is 0.394 e. The summed E-state index contributed by atoms with van der Waals surface area (Å²) in [6, 6.07) is -0.632. The van der Waals surface area contributed by atoms with Crippen molar-refractivity contribution in [2.75, 3.05) is 6.61 Å². The predicted molar refractivity (Wildman–Crippen MR) is 340 cm³/mol. The third-order valence-corrected chi connectivity index (χ3v) is 15.1. The average molecular weight is 1060 g/mol. The molecular formula is C72H129NO3. The lowest BCUT2D eigenvalue weighted by Gasteiger charge is -2.20. The fourth-order valence-electron chi connectivity index (χ4n) is 10.0. The molecule has 0 aromatic rings. The van der Waals surface area contributed by atoms with Gasteiger partial charge in [-0.25, -0.2) is 0 Å². The number of unbranched alkanes of at least 4 members (excludes halogenated alkanes) is 40. The summed E-state index contributed by atoms with van der Waals surface area (Å²) in [4.78, 5) is 12.5. The molecule has 0 fully saturated rings. The Balaban J connectivity index is 3.51. The number of aliphatic hydroxyl groups excluding tert-OH is 2. The lowest BCUT2D eigenvalue weighted by molar-refractivity contribution is -0.123. The summed E-state index contributed by atoms with van der Waals surface area (Å²) in [6.07, 6.45) is 99.0. The van der Waals surface area contributed by atoms with E-state index in [1.807, 2.05) is 6.08 Å². The van der Waals surface area contributed by atoms with E-state index in [2.05, 4.69) is 104 Å². The first-order valence-electron chi connectivity index (χ1n) is 33.5. The van der Waals surface area contributed by atoms with Crippen LogP contribution < -0.4 is 5.32 Å². The molecule has 0 aromatic carbocycles. The van der Waals surface area contributed by atoms with Crippen LogP contribution in [0, 0.1) is 0 Å². The molecule has 4 nitrogen and oxygen atoms in total. The summed E-state index contributed by atoms with van der Waals surface area (Å²) in [5.74, 6) is -0.0669. The van der Waals surface area contributed by atoms with Crippen molar-refractivity contribution in [3.8, 4) is 0 Å². The zero-order valence-corrected chi connectivity index (χ0v) is 50.8. The summed E-state index contributed by atoms with van der Waals surface area (Å²) in [7, 11) is 0. The van der Waals surface area contributed by atoms with Gasteiger partial charge in [0.05, 0.1) is 18.8 Å². The minimum atomic E-state index is -0.848. The second kappa shape index (κ2) is 66.6. The van der Waals surface area contributed by atoms with Crippen molar-refractivity contribution >= 4 is 5.91 Å². The minimum Gasteiger partial charge on any atom is -0.394 e. The number of hydrogen-bond donors (Lipinski definition) is 3. The van der Waals surface area contributed by atoms with E-state index in [1.165, 1.54) is 244 Å². The average Bonchev–Trinajstić information content (AvgIpc) is 3.42. The maximum Gasteiger partial charge on any atom is 0.220 e. The monoisotopic (exact) mass is 1060 g/mol. The summed E-state index contributed by atoms with van der Waals surface area (Å²) in [5.41, 5.74) is 0. The number of carbonyl (C=O) groups excluding carboxylic acids is 1. The van der Waals surface area contributed by atoms with Gasteiger partial charge in [-0.1, -0.05) is 349 Å². The maximum absolute atomic E-state index is 12.5. The first kappa shape index (κ1) is 73.3. The highest BCUT2D eigenvalue weighted by atomic mass is 16.3. The SMILES string of the molecule is CC/C=C\C/C=C\C/C=C\C/C=C\C/C=C\C/C=C\C/C=C\CCCCCCCCCCCCCC(=O)NC(CO)C(O)/C=C/CCCCCCCCCCCCCCCCCCCCCCCCCCCCCCC. The van der Waals surface area contributed by atoms with Crippen molar-refractivity contribution < 1.29 is 15.0 Å². The number of rotatable bonds is 61. The number of amides is 1. The van der Waals surface area contributed by atoms with Gasteiger partial charge in [0.25, 0.3) is 0 Å². The van der Waals surface area contributed by atoms with Crippen molar-refractivity contribution in [1.29, 1.82) is 0 Å². The lowest BCUT2D eigenvalue weighted by Crippen LogP contribution is -2.45. The molecule has 0 radical (unpaired) electrons. The van der Waals surface area contributed by atoms with E-state index < -0.39 is 12.1 Å². The van der Waals surface area contributed by atoms with Crippen molar-refractivity contribution in [1.82, 2.24) is 5.32 Å². The second-order valence-electron chi connectivity index (χ2n) is 22.5. The molecule has 3 N–H and O–H groups in total. The maximum atomic E-state index is 12.5. The third-order valence-electron chi connectivity index (χ3n) is 15.1. The highest BCUT2D eigenvalue weighted by Gasteiger charge is 2.18.